The molecule has 1 aliphatic heterocycles. The number of amides is 1. The van der Waals surface area contributed by atoms with E-state index in [1.54, 1.807) is 12.3 Å². The van der Waals surface area contributed by atoms with Crippen LogP contribution in [0.25, 0.3) is 11.3 Å². The summed E-state index contributed by atoms with van der Waals surface area (Å²) in [4.78, 5) is 21.2. The van der Waals surface area contributed by atoms with Crippen LogP contribution in [0.1, 0.15) is 41.4 Å². The SMILES string of the molecule is O=C(Nc1cnccc1C1CC(O)C(O)C(C2CC2)O1)c1cccc(-c2c(F)cccc2F)n1. The summed E-state index contributed by atoms with van der Waals surface area (Å²) in [7, 11) is 0. The van der Waals surface area contributed by atoms with Crippen molar-refractivity contribution in [2.45, 2.75) is 43.7 Å². The second-order valence-electron chi connectivity index (χ2n) is 8.64. The molecule has 34 heavy (non-hydrogen) atoms. The molecule has 0 bridgehead atoms. The van der Waals surface area contributed by atoms with Crippen molar-refractivity contribution in [3.05, 3.63) is 77.8 Å². The first-order chi connectivity index (χ1) is 16.4. The minimum Gasteiger partial charge on any atom is -0.390 e. The predicted molar refractivity (Wildman–Crippen MR) is 119 cm³/mol. The van der Waals surface area contributed by atoms with E-state index >= 15 is 0 Å². The van der Waals surface area contributed by atoms with E-state index in [0.717, 1.165) is 25.0 Å². The highest BCUT2D eigenvalue weighted by molar-refractivity contribution is 6.03. The molecular formula is C25H23F2N3O4. The maximum Gasteiger partial charge on any atom is 0.274 e. The standard InChI is InChI=1S/C25H23F2N3O4/c26-15-3-1-4-16(27)22(15)17-5-2-6-18(29-17)25(33)30-19-12-28-10-9-14(19)21-11-20(31)23(32)24(34-21)13-7-8-13/h1-6,9-10,12-13,20-21,23-24,31-32H,7-8,11H2,(H,30,33). The van der Waals surface area contributed by atoms with Gasteiger partial charge in [-0.2, -0.15) is 0 Å². The Kier molecular flexibility index (Phi) is 6.07. The first-order valence-electron chi connectivity index (χ1n) is 11.1. The lowest BCUT2D eigenvalue weighted by atomic mass is 9.91. The molecule has 9 heteroatoms. The minimum absolute atomic E-state index is 0.00495. The fourth-order valence-electron chi connectivity index (χ4n) is 4.34. The molecule has 1 saturated carbocycles. The Morgan fingerprint density at radius 3 is 2.53 bits per heavy atom. The van der Waals surface area contributed by atoms with Gasteiger partial charge in [0.1, 0.15) is 23.4 Å². The van der Waals surface area contributed by atoms with E-state index in [4.69, 9.17) is 4.74 Å². The van der Waals surface area contributed by atoms with Gasteiger partial charge in [-0.05, 0) is 49.1 Å². The third-order valence-corrected chi connectivity index (χ3v) is 6.24. The Balaban J connectivity index is 1.39. The zero-order valence-electron chi connectivity index (χ0n) is 18.1. The van der Waals surface area contributed by atoms with Crippen molar-refractivity contribution in [3.63, 3.8) is 0 Å². The molecule has 2 aromatic heterocycles. The lowest BCUT2D eigenvalue weighted by Crippen LogP contribution is -2.46. The number of pyridine rings is 2. The number of aliphatic hydroxyl groups excluding tert-OH is 2. The van der Waals surface area contributed by atoms with Crippen LogP contribution >= 0.6 is 0 Å². The summed E-state index contributed by atoms with van der Waals surface area (Å²) in [6, 6.07) is 9.55. The van der Waals surface area contributed by atoms with Crippen LogP contribution in [0.5, 0.6) is 0 Å². The van der Waals surface area contributed by atoms with Gasteiger partial charge in [0.15, 0.2) is 0 Å². The third kappa shape index (κ3) is 4.42. The number of nitrogens with zero attached hydrogens (tertiary/aromatic N) is 2. The molecule has 7 nitrogen and oxygen atoms in total. The Morgan fingerprint density at radius 1 is 1.06 bits per heavy atom. The van der Waals surface area contributed by atoms with Crippen LogP contribution < -0.4 is 5.32 Å². The van der Waals surface area contributed by atoms with Crippen molar-refractivity contribution in [1.29, 1.82) is 0 Å². The molecule has 3 aromatic rings. The van der Waals surface area contributed by atoms with Gasteiger partial charge in [0.2, 0.25) is 0 Å². The van der Waals surface area contributed by atoms with Gasteiger partial charge >= 0.3 is 0 Å². The average molecular weight is 467 g/mol. The molecule has 0 radical (unpaired) electrons. The van der Waals surface area contributed by atoms with Crippen LogP contribution in [0.2, 0.25) is 0 Å². The average Bonchev–Trinajstić information content (AvgIpc) is 3.67. The third-order valence-electron chi connectivity index (χ3n) is 6.24. The summed E-state index contributed by atoms with van der Waals surface area (Å²) in [6.07, 6.45) is 2.13. The molecule has 3 heterocycles. The maximum absolute atomic E-state index is 14.2. The normalized spacial score (nSPS) is 24.6. The van der Waals surface area contributed by atoms with Gasteiger partial charge in [0.25, 0.3) is 5.91 Å². The zero-order chi connectivity index (χ0) is 23.8. The summed E-state index contributed by atoms with van der Waals surface area (Å²) in [5, 5.41) is 23.4. The van der Waals surface area contributed by atoms with Gasteiger partial charge in [-0.15, -0.1) is 0 Å². The van der Waals surface area contributed by atoms with Crippen molar-refractivity contribution in [1.82, 2.24) is 9.97 Å². The first-order valence-corrected chi connectivity index (χ1v) is 11.1. The Morgan fingerprint density at radius 2 is 1.79 bits per heavy atom. The van der Waals surface area contributed by atoms with Gasteiger partial charge in [0, 0.05) is 18.2 Å². The predicted octanol–water partition coefficient (Wildman–Crippen LogP) is 3.64. The van der Waals surface area contributed by atoms with E-state index in [9.17, 15) is 23.8 Å². The van der Waals surface area contributed by atoms with Crippen LogP contribution in [0.4, 0.5) is 14.5 Å². The molecule has 1 aliphatic carbocycles. The Labute approximate surface area is 194 Å². The molecule has 0 spiro atoms. The molecule has 2 aliphatic rings. The van der Waals surface area contributed by atoms with E-state index < -0.39 is 42.0 Å². The first kappa shape index (κ1) is 22.5. The summed E-state index contributed by atoms with van der Waals surface area (Å²) in [5.41, 5.74) is 0.616. The van der Waals surface area contributed by atoms with Crippen LogP contribution in [0.15, 0.2) is 54.9 Å². The molecule has 5 rings (SSSR count). The number of aliphatic hydroxyl groups is 2. The second kappa shape index (κ2) is 9.17. The van der Waals surface area contributed by atoms with E-state index in [1.807, 2.05) is 0 Å². The highest BCUT2D eigenvalue weighted by Crippen LogP contribution is 2.44. The number of halogens is 2. The molecular weight excluding hydrogens is 444 g/mol. The highest BCUT2D eigenvalue weighted by Gasteiger charge is 2.45. The van der Waals surface area contributed by atoms with Crippen molar-refractivity contribution in [2.24, 2.45) is 5.92 Å². The van der Waals surface area contributed by atoms with Crippen molar-refractivity contribution in [2.75, 3.05) is 5.32 Å². The molecule has 1 amide bonds. The molecule has 4 unspecified atom stereocenters. The van der Waals surface area contributed by atoms with E-state index in [0.29, 0.717) is 11.3 Å². The van der Waals surface area contributed by atoms with E-state index in [-0.39, 0.29) is 29.3 Å². The lowest BCUT2D eigenvalue weighted by molar-refractivity contribution is -0.177. The van der Waals surface area contributed by atoms with Gasteiger partial charge < -0.3 is 20.3 Å². The molecule has 2 fully saturated rings. The van der Waals surface area contributed by atoms with E-state index in [2.05, 4.69) is 15.3 Å². The summed E-state index contributed by atoms with van der Waals surface area (Å²) in [5.74, 6) is -1.94. The number of hydrogen-bond donors (Lipinski definition) is 3. The van der Waals surface area contributed by atoms with Gasteiger partial charge in [-0.1, -0.05) is 12.1 Å². The maximum atomic E-state index is 14.2. The fourth-order valence-corrected chi connectivity index (χ4v) is 4.34. The van der Waals surface area contributed by atoms with Crippen molar-refractivity contribution < 1.29 is 28.5 Å². The number of ether oxygens (including phenoxy) is 1. The molecule has 1 saturated heterocycles. The number of nitrogens with one attached hydrogen (secondary N) is 1. The molecule has 176 valence electrons. The van der Waals surface area contributed by atoms with Gasteiger partial charge in [-0.3, -0.25) is 9.78 Å². The topological polar surface area (TPSA) is 105 Å². The quantitative estimate of drug-likeness (QED) is 0.529. The number of anilines is 1. The minimum atomic E-state index is -0.950. The number of carbonyl (C=O) groups is 1. The number of hydrogen-bond acceptors (Lipinski definition) is 6. The Hall–Kier alpha value is -3.27. The van der Waals surface area contributed by atoms with Crippen LogP contribution in [-0.4, -0.2) is 44.4 Å². The van der Waals surface area contributed by atoms with Crippen molar-refractivity contribution in [3.8, 4) is 11.3 Å². The monoisotopic (exact) mass is 467 g/mol. The van der Waals surface area contributed by atoms with Crippen LogP contribution in [0, 0.1) is 17.6 Å². The molecule has 3 N–H and O–H groups in total. The number of carbonyl (C=O) groups excluding carboxylic acids is 1. The largest absolute Gasteiger partial charge is 0.390 e. The smallest absolute Gasteiger partial charge is 0.274 e. The number of aromatic nitrogens is 2. The van der Waals surface area contributed by atoms with Crippen molar-refractivity contribution >= 4 is 11.6 Å². The second-order valence-corrected chi connectivity index (χ2v) is 8.64. The Bertz CT molecular complexity index is 1200. The zero-order valence-corrected chi connectivity index (χ0v) is 18.1. The summed E-state index contributed by atoms with van der Waals surface area (Å²) >= 11 is 0. The summed E-state index contributed by atoms with van der Waals surface area (Å²) in [6.45, 7) is 0. The van der Waals surface area contributed by atoms with E-state index in [1.165, 1.54) is 30.5 Å². The summed E-state index contributed by atoms with van der Waals surface area (Å²) < 4.78 is 34.5. The lowest BCUT2D eigenvalue weighted by Gasteiger charge is -2.38. The fraction of sp³-hybridized carbons (Fsp3) is 0.320. The van der Waals surface area contributed by atoms with Gasteiger partial charge in [0.05, 0.1) is 41.5 Å². The number of benzene rings is 1. The van der Waals surface area contributed by atoms with Crippen LogP contribution in [-0.2, 0) is 4.74 Å². The number of rotatable bonds is 5. The van der Waals surface area contributed by atoms with Crippen LogP contribution in [0.3, 0.4) is 0 Å². The molecule has 4 atom stereocenters. The molecule has 1 aromatic carbocycles. The van der Waals surface area contributed by atoms with Gasteiger partial charge in [-0.25, -0.2) is 13.8 Å². The highest BCUT2D eigenvalue weighted by atomic mass is 19.1.